The highest BCUT2D eigenvalue weighted by Gasteiger charge is 2.10. The summed E-state index contributed by atoms with van der Waals surface area (Å²) < 4.78 is 23.9. The lowest BCUT2D eigenvalue weighted by Gasteiger charge is -2.09. The van der Waals surface area contributed by atoms with Crippen molar-refractivity contribution in [1.82, 2.24) is 5.32 Å². The summed E-state index contributed by atoms with van der Waals surface area (Å²) in [5, 5.41) is 4.72. The van der Waals surface area contributed by atoms with E-state index in [1.165, 1.54) is 23.5 Å². The molecule has 0 saturated heterocycles. The maximum Gasteiger partial charge on any atom is 0.261 e. The van der Waals surface area contributed by atoms with Gasteiger partial charge >= 0.3 is 0 Å². The van der Waals surface area contributed by atoms with Gasteiger partial charge in [0, 0.05) is 12.1 Å². The van der Waals surface area contributed by atoms with E-state index in [0.717, 1.165) is 11.1 Å². The zero-order chi connectivity index (χ0) is 18.4. The number of nitrogens with one attached hydrogen (secondary N) is 1. The summed E-state index contributed by atoms with van der Waals surface area (Å²) in [6.45, 7) is 0.701. The van der Waals surface area contributed by atoms with Crippen LogP contribution in [0.1, 0.15) is 20.8 Å². The van der Waals surface area contributed by atoms with Crippen LogP contribution in [-0.4, -0.2) is 13.0 Å². The van der Waals surface area contributed by atoms with Gasteiger partial charge in [-0.3, -0.25) is 4.79 Å². The maximum absolute atomic E-state index is 12.9. The molecule has 0 aliphatic rings. The van der Waals surface area contributed by atoms with Crippen molar-refractivity contribution in [3.63, 3.8) is 0 Å². The van der Waals surface area contributed by atoms with Crippen molar-refractivity contribution in [3.8, 4) is 11.5 Å². The summed E-state index contributed by atoms with van der Waals surface area (Å²) in [6, 6.07) is 15.3. The quantitative estimate of drug-likeness (QED) is 0.669. The molecule has 1 N–H and O–H groups in total. The molecule has 0 spiro atoms. The zero-order valence-corrected chi connectivity index (χ0v) is 15.0. The van der Waals surface area contributed by atoms with Crippen LogP contribution in [0.3, 0.4) is 0 Å². The molecule has 0 aliphatic carbocycles. The number of ether oxygens (including phenoxy) is 2. The smallest absolute Gasteiger partial charge is 0.261 e. The fourth-order valence-electron chi connectivity index (χ4n) is 2.34. The SMILES string of the molecule is COc1ccccc1OCc1csc(C(=O)NCc2ccc(F)cc2)c1. The molecule has 0 unspecified atom stereocenters. The third-order valence-corrected chi connectivity index (χ3v) is 4.69. The summed E-state index contributed by atoms with van der Waals surface area (Å²) in [6.07, 6.45) is 0. The lowest BCUT2D eigenvalue weighted by atomic mass is 10.2. The van der Waals surface area contributed by atoms with Crippen LogP contribution in [0.2, 0.25) is 0 Å². The molecule has 3 aromatic rings. The summed E-state index contributed by atoms with van der Waals surface area (Å²) in [7, 11) is 1.59. The minimum Gasteiger partial charge on any atom is -0.493 e. The summed E-state index contributed by atoms with van der Waals surface area (Å²) in [5.74, 6) is 0.865. The van der Waals surface area contributed by atoms with Gasteiger partial charge in [-0.1, -0.05) is 24.3 Å². The fourth-order valence-corrected chi connectivity index (χ4v) is 3.15. The standard InChI is InChI=1S/C20H18FNO3S/c1-24-17-4-2-3-5-18(17)25-12-15-10-19(26-13-15)20(23)22-11-14-6-8-16(21)9-7-14/h2-10,13H,11-12H2,1H3,(H,22,23). The lowest BCUT2D eigenvalue weighted by Crippen LogP contribution is -2.21. The highest BCUT2D eigenvalue weighted by Crippen LogP contribution is 2.27. The van der Waals surface area contributed by atoms with E-state index in [9.17, 15) is 9.18 Å². The number of para-hydroxylation sites is 2. The fraction of sp³-hybridized carbons (Fsp3) is 0.150. The van der Waals surface area contributed by atoms with E-state index in [1.54, 1.807) is 25.3 Å². The number of methoxy groups -OCH3 is 1. The van der Waals surface area contributed by atoms with Gasteiger partial charge < -0.3 is 14.8 Å². The molecule has 0 saturated carbocycles. The van der Waals surface area contributed by atoms with Crippen molar-refractivity contribution in [3.05, 3.63) is 81.8 Å². The second-order valence-corrected chi connectivity index (χ2v) is 6.48. The van der Waals surface area contributed by atoms with E-state index >= 15 is 0 Å². The Bertz CT molecular complexity index is 877. The lowest BCUT2D eigenvalue weighted by molar-refractivity contribution is 0.0955. The van der Waals surface area contributed by atoms with Crippen molar-refractivity contribution < 1.29 is 18.7 Å². The predicted octanol–water partition coefficient (Wildman–Crippen LogP) is 4.40. The van der Waals surface area contributed by atoms with Crippen LogP contribution in [0.5, 0.6) is 11.5 Å². The van der Waals surface area contributed by atoms with E-state index < -0.39 is 0 Å². The molecule has 0 fully saturated rings. The molecule has 1 aromatic heterocycles. The Morgan fingerprint density at radius 2 is 1.81 bits per heavy atom. The van der Waals surface area contributed by atoms with Gasteiger partial charge in [-0.15, -0.1) is 11.3 Å². The largest absolute Gasteiger partial charge is 0.493 e. The average molecular weight is 371 g/mol. The Kier molecular flexibility index (Phi) is 5.86. The van der Waals surface area contributed by atoms with Crippen molar-refractivity contribution in [2.75, 3.05) is 7.11 Å². The number of thiophene rings is 1. The molecule has 6 heteroatoms. The summed E-state index contributed by atoms with van der Waals surface area (Å²) in [4.78, 5) is 12.8. The number of carbonyl (C=O) groups is 1. The summed E-state index contributed by atoms with van der Waals surface area (Å²) >= 11 is 1.36. The first-order valence-corrected chi connectivity index (χ1v) is 8.89. The van der Waals surface area contributed by atoms with Crippen LogP contribution < -0.4 is 14.8 Å². The Hall–Kier alpha value is -2.86. The first-order chi connectivity index (χ1) is 12.7. The van der Waals surface area contributed by atoms with Gasteiger partial charge in [0.2, 0.25) is 0 Å². The van der Waals surface area contributed by atoms with Gasteiger partial charge in [0.1, 0.15) is 12.4 Å². The third kappa shape index (κ3) is 4.61. The maximum atomic E-state index is 12.9. The molecule has 0 bridgehead atoms. The number of amides is 1. The van der Waals surface area contributed by atoms with Crippen molar-refractivity contribution in [2.24, 2.45) is 0 Å². The minimum absolute atomic E-state index is 0.164. The van der Waals surface area contributed by atoms with Crippen molar-refractivity contribution >= 4 is 17.2 Å². The highest BCUT2D eigenvalue weighted by atomic mass is 32.1. The molecular weight excluding hydrogens is 353 g/mol. The molecule has 0 radical (unpaired) electrons. The number of hydrogen-bond acceptors (Lipinski definition) is 4. The molecule has 4 nitrogen and oxygen atoms in total. The molecule has 3 rings (SSSR count). The van der Waals surface area contributed by atoms with Gasteiger partial charge in [-0.2, -0.15) is 0 Å². The molecule has 0 atom stereocenters. The number of halogens is 1. The van der Waals surface area contributed by atoms with Gasteiger partial charge in [0.25, 0.3) is 5.91 Å². The van der Waals surface area contributed by atoms with E-state index in [2.05, 4.69) is 5.32 Å². The third-order valence-electron chi connectivity index (χ3n) is 3.71. The molecular formula is C20H18FNO3S. The first-order valence-electron chi connectivity index (χ1n) is 8.01. The second kappa shape index (κ2) is 8.49. The monoisotopic (exact) mass is 371 g/mol. The van der Waals surface area contributed by atoms with Crippen LogP contribution in [0.4, 0.5) is 4.39 Å². The van der Waals surface area contributed by atoms with Crippen molar-refractivity contribution in [1.29, 1.82) is 0 Å². The van der Waals surface area contributed by atoms with E-state index in [0.29, 0.717) is 29.5 Å². The van der Waals surface area contributed by atoms with Gasteiger partial charge in [-0.05, 0) is 41.3 Å². The van der Waals surface area contributed by atoms with Gasteiger partial charge in [0.05, 0.1) is 12.0 Å². The molecule has 0 aliphatic heterocycles. The van der Waals surface area contributed by atoms with E-state index in [-0.39, 0.29) is 11.7 Å². The number of rotatable bonds is 7. The highest BCUT2D eigenvalue weighted by molar-refractivity contribution is 7.12. The molecule has 1 amide bonds. The zero-order valence-electron chi connectivity index (χ0n) is 14.2. The first kappa shape index (κ1) is 17.9. The number of benzene rings is 2. The number of hydrogen-bond donors (Lipinski definition) is 1. The van der Waals surface area contributed by atoms with E-state index in [4.69, 9.17) is 9.47 Å². The minimum atomic E-state index is -0.293. The second-order valence-electron chi connectivity index (χ2n) is 5.57. The topological polar surface area (TPSA) is 47.6 Å². The Morgan fingerprint density at radius 3 is 2.54 bits per heavy atom. The van der Waals surface area contributed by atoms with Crippen LogP contribution in [0.25, 0.3) is 0 Å². The van der Waals surface area contributed by atoms with Crippen LogP contribution >= 0.6 is 11.3 Å². The summed E-state index contributed by atoms with van der Waals surface area (Å²) in [5.41, 5.74) is 1.75. The molecule has 134 valence electrons. The van der Waals surface area contributed by atoms with E-state index in [1.807, 2.05) is 29.6 Å². The Labute approximate surface area is 155 Å². The Morgan fingerprint density at radius 1 is 1.08 bits per heavy atom. The van der Waals surface area contributed by atoms with Crippen LogP contribution in [-0.2, 0) is 13.2 Å². The van der Waals surface area contributed by atoms with Gasteiger partial charge in [-0.25, -0.2) is 4.39 Å². The predicted molar refractivity (Wildman–Crippen MR) is 99.2 cm³/mol. The van der Waals surface area contributed by atoms with Crippen LogP contribution in [0.15, 0.2) is 60.0 Å². The van der Waals surface area contributed by atoms with Gasteiger partial charge in [0.15, 0.2) is 11.5 Å². The normalized spacial score (nSPS) is 10.4. The Balaban J connectivity index is 1.55. The average Bonchev–Trinajstić information content (AvgIpc) is 3.15. The molecule has 26 heavy (non-hydrogen) atoms. The van der Waals surface area contributed by atoms with Crippen molar-refractivity contribution in [2.45, 2.75) is 13.2 Å². The molecule has 1 heterocycles. The van der Waals surface area contributed by atoms with Crippen LogP contribution in [0, 0.1) is 5.82 Å². The number of carbonyl (C=O) groups excluding carboxylic acids is 1. The molecule has 2 aromatic carbocycles.